The molecule has 0 spiro atoms. The molecule has 2 aromatic rings. The molecule has 1 unspecified atom stereocenters. The van der Waals surface area contributed by atoms with Crippen molar-refractivity contribution in [2.75, 3.05) is 11.9 Å². The molecular formula is C8H9N5O2. The number of aliphatic hydroxyl groups excluding tert-OH is 1. The van der Waals surface area contributed by atoms with Crippen molar-refractivity contribution >= 4 is 17.1 Å². The highest BCUT2D eigenvalue weighted by Gasteiger charge is 2.21. The van der Waals surface area contributed by atoms with Crippen molar-refractivity contribution in [3.8, 4) is 0 Å². The summed E-state index contributed by atoms with van der Waals surface area (Å²) < 4.78 is 1.24. The number of aliphatic hydroxyl groups is 1. The number of aromatic amines is 1. The molecule has 0 saturated carbocycles. The van der Waals surface area contributed by atoms with Crippen molar-refractivity contribution in [2.45, 2.75) is 12.6 Å². The molecule has 0 fully saturated rings. The highest BCUT2D eigenvalue weighted by molar-refractivity contribution is 5.70. The van der Waals surface area contributed by atoms with Crippen molar-refractivity contribution in [3.63, 3.8) is 0 Å². The molecule has 0 aliphatic carbocycles. The second-order valence-corrected chi connectivity index (χ2v) is 3.41. The fourth-order valence-corrected chi connectivity index (χ4v) is 1.74. The van der Waals surface area contributed by atoms with Crippen LogP contribution in [0.5, 0.6) is 0 Å². The highest BCUT2D eigenvalue weighted by Crippen LogP contribution is 2.18. The topological polar surface area (TPSA) is 95.8 Å². The van der Waals surface area contributed by atoms with E-state index in [1.165, 1.54) is 10.9 Å². The Balaban J connectivity index is 2.41. The molecule has 0 amide bonds. The summed E-state index contributed by atoms with van der Waals surface area (Å²) in [6, 6.07) is 0. The molecule has 0 radical (unpaired) electrons. The van der Waals surface area contributed by atoms with Gasteiger partial charge in [0.2, 0.25) is 5.95 Å². The predicted molar refractivity (Wildman–Crippen MR) is 52.5 cm³/mol. The first-order valence-electron chi connectivity index (χ1n) is 4.65. The van der Waals surface area contributed by atoms with E-state index >= 15 is 0 Å². The van der Waals surface area contributed by atoms with Gasteiger partial charge in [0.1, 0.15) is 6.23 Å². The molecule has 0 aromatic carbocycles. The van der Waals surface area contributed by atoms with Crippen molar-refractivity contribution in [1.29, 1.82) is 0 Å². The number of nitrogens with one attached hydrogen (secondary N) is 2. The fourth-order valence-electron chi connectivity index (χ4n) is 1.74. The van der Waals surface area contributed by atoms with Gasteiger partial charge < -0.3 is 15.4 Å². The van der Waals surface area contributed by atoms with Crippen molar-refractivity contribution in [3.05, 3.63) is 16.7 Å². The summed E-state index contributed by atoms with van der Waals surface area (Å²) in [7, 11) is 0. The molecule has 2 aromatic heterocycles. The molecule has 3 rings (SSSR count). The Hall–Kier alpha value is -1.89. The van der Waals surface area contributed by atoms with Crippen LogP contribution in [-0.4, -0.2) is 31.2 Å². The second-order valence-electron chi connectivity index (χ2n) is 3.41. The van der Waals surface area contributed by atoms with Crippen LogP contribution in [0.1, 0.15) is 12.6 Å². The number of imidazole rings is 1. The van der Waals surface area contributed by atoms with Gasteiger partial charge in [-0.3, -0.25) is 9.36 Å². The molecule has 3 N–H and O–H groups in total. The lowest BCUT2D eigenvalue weighted by molar-refractivity contribution is 0.0899. The van der Waals surface area contributed by atoms with Gasteiger partial charge in [0, 0.05) is 13.0 Å². The minimum Gasteiger partial charge on any atom is -0.373 e. The first kappa shape index (κ1) is 8.42. The Bertz CT molecular complexity index is 572. The number of aromatic nitrogens is 4. The zero-order chi connectivity index (χ0) is 10.4. The Morgan fingerprint density at radius 3 is 3.33 bits per heavy atom. The smallest absolute Gasteiger partial charge is 0.283 e. The standard InChI is InChI=1S/C8H9N5O2/c14-4-1-2-9-8-12-6-5(10-3-11-6)7(15)13(4)8/h3-4,14H,1-2H2,(H,9,12)(H,10,11). The predicted octanol–water partition coefficient (Wildman–Crippen LogP) is -0.574. The van der Waals surface area contributed by atoms with Gasteiger partial charge in [-0.1, -0.05) is 0 Å². The van der Waals surface area contributed by atoms with E-state index in [9.17, 15) is 9.90 Å². The third kappa shape index (κ3) is 1.06. The van der Waals surface area contributed by atoms with E-state index in [-0.39, 0.29) is 5.56 Å². The van der Waals surface area contributed by atoms with Crippen LogP contribution in [0.25, 0.3) is 11.2 Å². The van der Waals surface area contributed by atoms with E-state index in [0.717, 1.165) is 0 Å². The molecule has 0 bridgehead atoms. The minimum absolute atomic E-state index is 0.299. The summed E-state index contributed by atoms with van der Waals surface area (Å²) in [5.74, 6) is 0.373. The summed E-state index contributed by atoms with van der Waals surface area (Å²) in [4.78, 5) is 22.7. The largest absolute Gasteiger partial charge is 0.373 e. The zero-order valence-corrected chi connectivity index (χ0v) is 7.77. The van der Waals surface area contributed by atoms with Gasteiger partial charge >= 0.3 is 0 Å². The number of fused-ring (bicyclic) bond motifs is 2. The number of nitrogens with zero attached hydrogens (tertiary/aromatic N) is 3. The molecule has 1 aliphatic rings. The number of hydrogen-bond acceptors (Lipinski definition) is 5. The van der Waals surface area contributed by atoms with E-state index in [4.69, 9.17) is 0 Å². The average Bonchev–Trinajstić information content (AvgIpc) is 2.66. The summed E-state index contributed by atoms with van der Waals surface area (Å²) in [5, 5.41) is 12.6. The summed E-state index contributed by atoms with van der Waals surface area (Å²) in [5.41, 5.74) is 0.390. The Labute approximate surface area is 83.8 Å². The third-order valence-electron chi connectivity index (χ3n) is 2.48. The Morgan fingerprint density at radius 1 is 1.60 bits per heavy atom. The third-order valence-corrected chi connectivity index (χ3v) is 2.48. The van der Waals surface area contributed by atoms with Gasteiger partial charge in [0.05, 0.1) is 6.33 Å². The maximum absolute atomic E-state index is 11.9. The lowest BCUT2D eigenvalue weighted by atomic mass is 10.3. The fraction of sp³-hybridized carbons (Fsp3) is 0.375. The van der Waals surface area contributed by atoms with Gasteiger partial charge in [-0.25, -0.2) is 4.98 Å². The van der Waals surface area contributed by atoms with Gasteiger partial charge in [0.15, 0.2) is 11.2 Å². The van der Waals surface area contributed by atoms with Crippen LogP contribution < -0.4 is 10.9 Å². The number of hydrogen-bond donors (Lipinski definition) is 3. The summed E-state index contributed by atoms with van der Waals surface area (Å²) >= 11 is 0. The van der Waals surface area contributed by atoms with Crippen LogP contribution >= 0.6 is 0 Å². The van der Waals surface area contributed by atoms with Crippen LogP contribution in [0.3, 0.4) is 0 Å². The molecule has 15 heavy (non-hydrogen) atoms. The van der Waals surface area contributed by atoms with E-state index in [1.807, 2.05) is 0 Å². The lowest BCUT2D eigenvalue weighted by Crippen LogP contribution is -2.34. The first-order chi connectivity index (χ1) is 7.27. The quantitative estimate of drug-likeness (QED) is 0.537. The second kappa shape index (κ2) is 2.80. The van der Waals surface area contributed by atoms with Gasteiger partial charge in [0.25, 0.3) is 5.56 Å². The molecule has 78 valence electrons. The number of H-pyrrole nitrogens is 1. The normalized spacial score (nSPS) is 19.9. The van der Waals surface area contributed by atoms with Gasteiger partial charge in [-0.15, -0.1) is 0 Å². The van der Waals surface area contributed by atoms with Gasteiger partial charge in [-0.2, -0.15) is 4.98 Å². The molecule has 3 heterocycles. The van der Waals surface area contributed by atoms with Gasteiger partial charge in [-0.05, 0) is 0 Å². The summed E-state index contributed by atoms with van der Waals surface area (Å²) in [6.07, 6.45) is 1.10. The Morgan fingerprint density at radius 2 is 2.47 bits per heavy atom. The van der Waals surface area contributed by atoms with Crippen LogP contribution in [0.2, 0.25) is 0 Å². The number of rotatable bonds is 0. The zero-order valence-electron chi connectivity index (χ0n) is 7.77. The average molecular weight is 207 g/mol. The van der Waals surface area contributed by atoms with E-state index in [0.29, 0.717) is 30.1 Å². The van der Waals surface area contributed by atoms with E-state index < -0.39 is 6.23 Å². The lowest BCUT2D eigenvalue weighted by Gasteiger charge is -2.23. The molecule has 7 heteroatoms. The first-order valence-corrected chi connectivity index (χ1v) is 4.65. The summed E-state index contributed by atoms with van der Waals surface area (Å²) in [6.45, 7) is 0.601. The highest BCUT2D eigenvalue weighted by atomic mass is 16.3. The molecular weight excluding hydrogens is 198 g/mol. The van der Waals surface area contributed by atoms with Crippen molar-refractivity contribution < 1.29 is 5.11 Å². The molecule has 1 aliphatic heterocycles. The van der Waals surface area contributed by atoms with Crippen LogP contribution in [0.15, 0.2) is 11.1 Å². The molecule has 7 nitrogen and oxygen atoms in total. The van der Waals surface area contributed by atoms with Crippen molar-refractivity contribution in [2.24, 2.45) is 0 Å². The number of anilines is 1. The molecule has 0 saturated heterocycles. The van der Waals surface area contributed by atoms with E-state index in [2.05, 4.69) is 20.3 Å². The maximum atomic E-state index is 11.9. The monoisotopic (exact) mass is 207 g/mol. The Kier molecular flexibility index (Phi) is 1.57. The van der Waals surface area contributed by atoms with Crippen LogP contribution in [0.4, 0.5) is 5.95 Å². The minimum atomic E-state index is -0.811. The van der Waals surface area contributed by atoms with Crippen LogP contribution in [0, 0.1) is 0 Å². The maximum Gasteiger partial charge on any atom is 0.283 e. The van der Waals surface area contributed by atoms with Crippen molar-refractivity contribution in [1.82, 2.24) is 19.5 Å². The van der Waals surface area contributed by atoms with E-state index in [1.54, 1.807) is 0 Å². The molecule has 1 atom stereocenters. The SMILES string of the molecule is O=c1c2[nH]cnc2nc2n1C(O)CCN2. The van der Waals surface area contributed by atoms with Crippen LogP contribution in [-0.2, 0) is 0 Å².